The van der Waals surface area contributed by atoms with Crippen molar-refractivity contribution in [2.24, 2.45) is 0 Å². The topological polar surface area (TPSA) is 42.7 Å². The molecule has 3 rings (SSSR count). The second-order valence-corrected chi connectivity index (χ2v) is 6.63. The molecule has 0 spiro atoms. The number of carbonyl (C=O) groups is 1. The number of hydrogen-bond donors (Lipinski definition) is 0. The molecule has 0 bridgehead atoms. The van der Waals surface area contributed by atoms with Crippen LogP contribution in [0.25, 0.3) is 11.0 Å². The lowest BCUT2D eigenvalue weighted by Gasteiger charge is -2.18. The van der Waals surface area contributed by atoms with Crippen molar-refractivity contribution in [3.63, 3.8) is 0 Å². The lowest BCUT2D eigenvalue weighted by Crippen LogP contribution is -2.27. The van der Waals surface area contributed by atoms with Crippen molar-refractivity contribution in [1.29, 1.82) is 0 Å². The van der Waals surface area contributed by atoms with Crippen LogP contribution in [0.1, 0.15) is 11.1 Å². The summed E-state index contributed by atoms with van der Waals surface area (Å²) in [4.78, 5) is 14.2. The smallest absolute Gasteiger partial charge is 0.227 e. The van der Waals surface area contributed by atoms with E-state index in [0.29, 0.717) is 27.9 Å². The number of hydrogen-bond acceptors (Lipinski definition) is 3. The Labute approximate surface area is 155 Å². The zero-order valence-corrected chi connectivity index (χ0v) is 15.4. The highest BCUT2D eigenvalue weighted by atomic mass is 35.5. The minimum Gasteiger partial charge on any atom is -0.497 e. The molecule has 0 aliphatic heterocycles. The van der Waals surface area contributed by atoms with Gasteiger partial charge < -0.3 is 14.1 Å². The average Bonchev–Trinajstić information content (AvgIpc) is 2.99. The number of carbonyl (C=O) groups excluding carboxylic acids is 1. The molecule has 4 nitrogen and oxygen atoms in total. The largest absolute Gasteiger partial charge is 0.497 e. The summed E-state index contributed by atoms with van der Waals surface area (Å²) < 4.78 is 10.7. The summed E-state index contributed by atoms with van der Waals surface area (Å²) in [7, 11) is 3.35. The molecule has 0 fully saturated rings. The standard InChI is InChI=1S/C19H17Cl2NO3/c1-22(10-12-3-4-14(20)8-17(12)21)19(23)7-13-11-25-18-9-15(24-2)5-6-16(13)18/h3-6,8-9,11H,7,10H2,1-2H3. The lowest BCUT2D eigenvalue weighted by molar-refractivity contribution is -0.129. The van der Waals surface area contributed by atoms with E-state index in [1.54, 1.807) is 43.5 Å². The maximum Gasteiger partial charge on any atom is 0.227 e. The van der Waals surface area contributed by atoms with E-state index in [4.69, 9.17) is 32.4 Å². The van der Waals surface area contributed by atoms with Crippen molar-refractivity contribution in [2.75, 3.05) is 14.2 Å². The molecular weight excluding hydrogens is 361 g/mol. The summed E-state index contributed by atoms with van der Waals surface area (Å²) >= 11 is 12.1. The first-order chi connectivity index (χ1) is 12.0. The predicted molar refractivity (Wildman–Crippen MR) is 99.4 cm³/mol. The summed E-state index contributed by atoms with van der Waals surface area (Å²) in [6, 6.07) is 10.8. The zero-order valence-electron chi connectivity index (χ0n) is 13.9. The third-order valence-electron chi connectivity index (χ3n) is 4.05. The molecule has 0 saturated carbocycles. The summed E-state index contributed by atoms with van der Waals surface area (Å²) in [5.74, 6) is 0.693. The number of furan rings is 1. The van der Waals surface area contributed by atoms with Gasteiger partial charge in [-0.25, -0.2) is 0 Å². The molecule has 0 radical (unpaired) electrons. The van der Waals surface area contributed by atoms with Gasteiger partial charge in [-0.2, -0.15) is 0 Å². The van der Waals surface area contributed by atoms with Crippen LogP contribution in [0.4, 0.5) is 0 Å². The molecule has 0 N–H and O–H groups in total. The first-order valence-corrected chi connectivity index (χ1v) is 8.45. The Kier molecular flexibility index (Phi) is 5.21. The van der Waals surface area contributed by atoms with Gasteiger partial charge in [0.25, 0.3) is 0 Å². The van der Waals surface area contributed by atoms with Gasteiger partial charge in [-0.1, -0.05) is 29.3 Å². The van der Waals surface area contributed by atoms with Crippen LogP contribution in [-0.2, 0) is 17.8 Å². The zero-order chi connectivity index (χ0) is 18.0. The van der Waals surface area contributed by atoms with Crippen LogP contribution in [0.2, 0.25) is 10.0 Å². The molecule has 0 unspecified atom stereocenters. The average molecular weight is 378 g/mol. The van der Waals surface area contributed by atoms with Crippen molar-refractivity contribution < 1.29 is 13.9 Å². The number of fused-ring (bicyclic) bond motifs is 1. The minimum absolute atomic E-state index is 0.0236. The molecule has 1 amide bonds. The van der Waals surface area contributed by atoms with E-state index in [0.717, 1.165) is 16.5 Å². The van der Waals surface area contributed by atoms with Gasteiger partial charge in [0.2, 0.25) is 5.91 Å². The highest BCUT2D eigenvalue weighted by molar-refractivity contribution is 6.35. The summed E-state index contributed by atoms with van der Waals surface area (Å²) in [5.41, 5.74) is 2.39. The molecule has 3 aromatic rings. The lowest BCUT2D eigenvalue weighted by atomic mass is 10.1. The number of amides is 1. The van der Waals surface area contributed by atoms with Crippen molar-refractivity contribution >= 4 is 40.1 Å². The van der Waals surface area contributed by atoms with Crippen LogP contribution in [0.3, 0.4) is 0 Å². The highest BCUT2D eigenvalue weighted by Gasteiger charge is 2.15. The van der Waals surface area contributed by atoms with Gasteiger partial charge in [0.15, 0.2) is 0 Å². The Balaban J connectivity index is 1.73. The molecule has 0 atom stereocenters. The number of nitrogens with zero attached hydrogens (tertiary/aromatic N) is 1. The van der Waals surface area contributed by atoms with Gasteiger partial charge in [-0.15, -0.1) is 0 Å². The van der Waals surface area contributed by atoms with Gasteiger partial charge >= 0.3 is 0 Å². The van der Waals surface area contributed by atoms with E-state index in [1.165, 1.54) is 0 Å². The van der Waals surface area contributed by atoms with Gasteiger partial charge in [0.05, 0.1) is 19.8 Å². The van der Waals surface area contributed by atoms with Gasteiger partial charge in [0.1, 0.15) is 11.3 Å². The maximum absolute atomic E-state index is 12.6. The maximum atomic E-state index is 12.6. The quantitative estimate of drug-likeness (QED) is 0.631. The SMILES string of the molecule is COc1ccc2c(CC(=O)N(C)Cc3ccc(Cl)cc3Cl)coc2c1. The number of methoxy groups -OCH3 is 1. The fourth-order valence-electron chi connectivity index (χ4n) is 2.62. The van der Waals surface area contributed by atoms with Crippen LogP contribution in [0, 0.1) is 0 Å². The van der Waals surface area contributed by atoms with E-state index in [1.807, 2.05) is 18.2 Å². The van der Waals surface area contributed by atoms with Crippen LogP contribution in [0.5, 0.6) is 5.75 Å². The number of ether oxygens (including phenoxy) is 1. The summed E-state index contributed by atoms with van der Waals surface area (Å²) in [5, 5.41) is 2.03. The van der Waals surface area contributed by atoms with E-state index < -0.39 is 0 Å². The molecule has 0 aliphatic rings. The highest BCUT2D eigenvalue weighted by Crippen LogP contribution is 2.27. The van der Waals surface area contributed by atoms with Crippen molar-refractivity contribution in [2.45, 2.75) is 13.0 Å². The number of rotatable bonds is 5. The van der Waals surface area contributed by atoms with Crippen molar-refractivity contribution in [3.8, 4) is 5.75 Å². The Hall–Kier alpha value is -2.17. The molecule has 6 heteroatoms. The summed E-state index contributed by atoms with van der Waals surface area (Å²) in [6.07, 6.45) is 1.87. The monoisotopic (exact) mass is 377 g/mol. The molecule has 0 aliphatic carbocycles. The predicted octanol–water partition coefficient (Wildman–Crippen LogP) is 4.95. The normalized spacial score (nSPS) is 10.9. The molecule has 1 aromatic heterocycles. The van der Waals surface area contributed by atoms with Crippen molar-refractivity contribution in [3.05, 3.63) is 63.8 Å². The summed E-state index contributed by atoms with van der Waals surface area (Å²) in [6.45, 7) is 0.415. The third-order valence-corrected chi connectivity index (χ3v) is 4.64. The molecule has 25 heavy (non-hydrogen) atoms. The Bertz CT molecular complexity index is 920. The van der Waals surface area contributed by atoms with Crippen LogP contribution >= 0.6 is 23.2 Å². The minimum atomic E-state index is -0.0236. The van der Waals surface area contributed by atoms with Gasteiger partial charge in [-0.3, -0.25) is 4.79 Å². The molecule has 1 heterocycles. The van der Waals surface area contributed by atoms with E-state index in [2.05, 4.69) is 0 Å². The van der Waals surface area contributed by atoms with Crippen LogP contribution in [-0.4, -0.2) is 25.0 Å². The molecular formula is C19H17Cl2NO3. The Morgan fingerprint density at radius 3 is 2.68 bits per heavy atom. The van der Waals surface area contributed by atoms with Crippen molar-refractivity contribution in [1.82, 2.24) is 4.90 Å². The Morgan fingerprint density at radius 1 is 1.16 bits per heavy atom. The number of benzene rings is 2. The van der Waals surface area contributed by atoms with Crippen LogP contribution < -0.4 is 4.74 Å². The van der Waals surface area contributed by atoms with Gasteiger partial charge in [0, 0.05) is 40.7 Å². The second-order valence-electron chi connectivity index (χ2n) is 5.79. The fraction of sp³-hybridized carbons (Fsp3) is 0.211. The van der Waals surface area contributed by atoms with Gasteiger partial charge in [-0.05, 0) is 29.8 Å². The first kappa shape index (κ1) is 17.6. The van der Waals surface area contributed by atoms with E-state index >= 15 is 0 Å². The second kappa shape index (κ2) is 7.38. The first-order valence-electron chi connectivity index (χ1n) is 7.70. The third kappa shape index (κ3) is 3.91. The molecule has 130 valence electrons. The molecule has 2 aromatic carbocycles. The van der Waals surface area contributed by atoms with E-state index in [-0.39, 0.29) is 12.3 Å². The Morgan fingerprint density at radius 2 is 1.96 bits per heavy atom. The molecule has 0 saturated heterocycles. The van der Waals surface area contributed by atoms with E-state index in [9.17, 15) is 4.79 Å². The number of halogens is 2. The number of likely N-dealkylation sites (N-methyl/N-ethyl adjacent to an activating group) is 1. The fourth-order valence-corrected chi connectivity index (χ4v) is 3.09. The van der Waals surface area contributed by atoms with Crippen LogP contribution in [0.15, 0.2) is 47.1 Å².